The highest BCUT2D eigenvalue weighted by Gasteiger charge is 2.06. The van der Waals surface area contributed by atoms with Crippen molar-refractivity contribution < 1.29 is 8.42 Å². The Labute approximate surface area is 102 Å². The van der Waals surface area contributed by atoms with E-state index < -0.39 is 9.84 Å². The molecule has 0 unspecified atom stereocenters. The van der Waals surface area contributed by atoms with Gasteiger partial charge in [0.05, 0.1) is 4.90 Å². The SMILES string of the molecule is Cc1ccc(-c2[c]cc(S(C)(=O)=O)cc2)cc1. The predicted molar refractivity (Wildman–Crippen MR) is 68.6 cm³/mol. The molecule has 17 heavy (non-hydrogen) atoms. The first-order valence-electron chi connectivity index (χ1n) is 5.26. The number of hydrogen-bond donors (Lipinski definition) is 0. The highest BCUT2D eigenvalue weighted by molar-refractivity contribution is 7.90. The monoisotopic (exact) mass is 245 g/mol. The molecule has 0 atom stereocenters. The van der Waals surface area contributed by atoms with E-state index in [9.17, 15) is 8.42 Å². The van der Waals surface area contributed by atoms with Gasteiger partial charge in [0.25, 0.3) is 0 Å². The Kier molecular flexibility index (Phi) is 3.03. The molecule has 2 aromatic rings. The summed E-state index contributed by atoms with van der Waals surface area (Å²) in [5.74, 6) is 0. The van der Waals surface area contributed by atoms with Crippen LogP contribution < -0.4 is 0 Å². The van der Waals surface area contributed by atoms with Crippen molar-refractivity contribution >= 4 is 9.84 Å². The summed E-state index contributed by atoms with van der Waals surface area (Å²) in [6.45, 7) is 2.03. The normalized spacial score (nSPS) is 11.4. The van der Waals surface area contributed by atoms with Gasteiger partial charge in [0.2, 0.25) is 0 Å². The molecule has 0 fully saturated rings. The van der Waals surface area contributed by atoms with Gasteiger partial charge in [-0.15, -0.1) is 0 Å². The summed E-state index contributed by atoms with van der Waals surface area (Å²) >= 11 is 0. The Balaban J connectivity index is 2.39. The van der Waals surface area contributed by atoms with E-state index in [1.807, 2.05) is 31.2 Å². The zero-order valence-corrected chi connectivity index (χ0v) is 10.6. The first-order chi connectivity index (χ1) is 7.97. The lowest BCUT2D eigenvalue weighted by Gasteiger charge is -2.03. The first-order valence-corrected chi connectivity index (χ1v) is 7.15. The first kappa shape index (κ1) is 11.9. The van der Waals surface area contributed by atoms with Crippen molar-refractivity contribution in [2.24, 2.45) is 0 Å². The minimum Gasteiger partial charge on any atom is -0.224 e. The summed E-state index contributed by atoms with van der Waals surface area (Å²) in [6.07, 6.45) is 1.20. The van der Waals surface area contributed by atoms with Gasteiger partial charge >= 0.3 is 0 Å². The van der Waals surface area contributed by atoms with Crippen LogP contribution in [0.25, 0.3) is 11.1 Å². The van der Waals surface area contributed by atoms with E-state index in [1.165, 1.54) is 17.9 Å². The molecule has 2 nitrogen and oxygen atoms in total. The standard InChI is InChI=1S/C14H13O2S/c1-11-3-5-12(6-4-11)13-7-9-14(10-8-13)17(2,15)16/h3-7,9-10H,1-2H3. The van der Waals surface area contributed by atoms with Gasteiger partial charge in [-0.25, -0.2) is 8.42 Å². The molecule has 2 rings (SSSR count). The maximum absolute atomic E-state index is 11.3. The molecular formula is C14H13O2S. The van der Waals surface area contributed by atoms with E-state index in [0.29, 0.717) is 4.90 Å². The topological polar surface area (TPSA) is 34.1 Å². The smallest absolute Gasteiger partial charge is 0.175 e. The van der Waals surface area contributed by atoms with Crippen LogP contribution in [-0.4, -0.2) is 14.7 Å². The number of aryl methyl sites for hydroxylation is 1. The molecule has 0 aliphatic heterocycles. The van der Waals surface area contributed by atoms with E-state index in [1.54, 1.807) is 12.1 Å². The lowest BCUT2D eigenvalue weighted by atomic mass is 10.0. The van der Waals surface area contributed by atoms with E-state index in [2.05, 4.69) is 6.07 Å². The van der Waals surface area contributed by atoms with Gasteiger partial charge in [0.15, 0.2) is 9.84 Å². The molecule has 1 radical (unpaired) electrons. The van der Waals surface area contributed by atoms with Crippen molar-refractivity contribution in [3.8, 4) is 11.1 Å². The van der Waals surface area contributed by atoms with Crippen molar-refractivity contribution in [2.45, 2.75) is 11.8 Å². The second kappa shape index (κ2) is 4.34. The fourth-order valence-electron chi connectivity index (χ4n) is 1.55. The minimum absolute atomic E-state index is 0.299. The second-order valence-electron chi connectivity index (χ2n) is 4.08. The van der Waals surface area contributed by atoms with Crippen LogP contribution in [0.15, 0.2) is 47.4 Å². The van der Waals surface area contributed by atoms with Gasteiger partial charge < -0.3 is 0 Å². The van der Waals surface area contributed by atoms with Crippen molar-refractivity contribution in [3.63, 3.8) is 0 Å². The Morgan fingerprint density at radius 2 is 1.65 bits per heavy atom. The van der Waals surface area contributed by atoms with Crippen LogP contribution in [0.4, 0.5) is 0 Å². The lowest BCUT2D eigenvalue weighted by Crippen LogP contribution is -1.96. The second-order valence-corrected chi connectivity index (χ2v) is 6.09. The highest BCUT2D eigenvalue weighted by atomic mass is 32.2. The summed E-state index contributed by atoms with van der Waals surface area (Å²) in [5.41, 5.74) is 3.13. The van der Waals surface area contributed by atoms with Crippen LogP contribution in [0.5, 0.6) is 0 Å². The minimum atomic E-state index is -3.14. The van der Waals surface area contributed by atoms with Crippen molar-refractivity contribution in [1.82, 2.24) is 0 Å². The van der Waals surface area contributed by atoms with Gasteiger partial charge in [-0.2, -0.15) is 0 Å². The van der Waals surface area contributed by atoms with Crippen molar-refractivity contribution in [3.05, 3.63) is 54.1 Å². The van der Waals surface area contributed by atoms with Crippen LogP contribution >= 0.6 is 0 Å². The third kappa shape index (κ3) is 2.74. The zero-order valence-electron chi connectivity index (χ0n) is 9.77. The van der Waals surface area contributed by atoms with Gasteiger partial charge in [-0.3, -0.25) is 0 Å². The Morgan fingerprint density at radius 3 is 2.12 bits per heavy atom. The van der Waals surface area contributed by atoms with E-state index in [-0.39, 0.29) is 0 Å². The maximum atomic E-state index is 11.3. The van der Waals surface area contributed by atoms with Gasteiger partial charge in [-0.05, 0) is 36.2 Å². The predicted octanol–water partition coefficient (Wildman–Crippen LogP) is 2.87. The van der Waals surface area contributed by atoms with Crippen molar-refractivity contribution in [1.29, 1.82) is 0 Å². The molecule has 3 heteroatoms. The van der Waals surface area contributed by atoms with Crippen LogP contribution in [-0.2, 0) is 9.84 Å². The molecule has 0 amide bonds. The number of sulfone groups is 1. The Morgan fingerprint density at radius 1 is 1.00 bits per heavy atom. The van der Waals surface area contributed by atoms with Crippen LogP contribution in [0.3, 0.4) is 0 Å². The summed E-state index contributed by atoms with van der Waals surface area (Å²) in [7, 11) is -3.14. The third-order valence-corrected chi connectivity index (χ3v) is 3.69. The van der Waals surface area contributed by atoms with E-state index in [0.717, 1.165) is 11.1 Å². The molecule has 0 saturated carbocycles. The number of benzene rings is 2. The summed E-state index contributed by atoms with van der Waals surface area (Å²) in [4.78, 5) is 0.299. The molecule has 87 valence electrons. The third-order valence-electron chi connectivity index (χ3n) is 2.57. The Bertz CT molecular complexity index is 608. The highest BCUT2D eigenvalue weighted by Crippen LogP contribution is 2.21. The molecular weight excluding hydrogens is 232 g/mol. The molecule has 0 aliphatic rings. The molecule has 0 heterocycles. The quantitative estimate of drug-likeness (QED) is 0.815. The summed E-state index contributed by atoms with van der Waals surface area (Å²) < 4.78 is 22.6. The molecule has 0 bridgehead atoms. The van der Waals surface area contributed by atoms with E-state index in [4.69, 9.17) is 0 Å². The fraction of sp³-hybridized carbons (Fsp3) is 0.143. The molecule has 0 aliphatic carbocycles. The van der Waals surface area contributed by atoms with Crippen LogP contribution in [0.2, 0.25) is 0 Å². The molecule has 0 spiro atoms. The lowest BCUT2D eigenvalue weighted by molar-refractivity contribution is 0.602. The van der Waals surface area contributed by atoms with E-state index >= 15 is 0 Å². The molecule has 2 aromatic carbocycles. The molecule has 0 N–H and O–H groups in total. The van der Waals surface area contributed by atoms with Crippen LogP contribution in [0, 0.1) is 13.0 Å². The van der Waals surface area contributed by atoms with Gasteiger partial charge in [0.1, 0.15) is 0 Å². The van der Waals surface area contributed by atoms with Crippen LogP contribution in [0.1, 0.15) is 5.56 Å². The largest absolute Gasteiger partial charge is 0.224 e. The summed E-state index contributed by atoms with van der Waals surface area (Å²) in [6, 6.07) is 16.0. The summed E-state index contributed by atoms with van der Waals surface area (Å²) in [5, 5.41) is 0. The average Bonchev–Trinajstić information content (AvgIpc) is 2.29. The Hall–Kier alpha value is -1.61. The van der Waals surface area contributed by atoms with Gasteiger partial charge in [-0.1, -0.05) is 35.9 Å². The number of rotatable bonds is 2. The van der Waals surface area contributed by atoms with Crippen molar-refractivity contribution in [2.75, 3.05) is 6.26 Å². The maximum Gasteiger partial charge on any atom is 0.175 e. The number of hydrogen-bond acceptors (Lipinski definition) is 2. The molecule has 0 aromatic heterocycles. The van der Waals surface area contributed by atoms with Gasteiger partial charge in [0, 0.05) is 6.26 Å². The molecule has 0 saturated heterocycles. The zero-order chi connectivity index (χ0) is 12.5. The fourth-order valence-corrected chi connectivity index (χ4v) is 2.14. The average molecular weight is 245 g/mol.